The molecule has 40 heavy (non-hydrogen) atoms. The van der Waals surface area contributed by atoms with Crippen LogP contribution in [0.3, 0.4) is 0 Å². The maximum Gasteiger partial charge on any atom is 0.418 e. The Kier molecular flexibility index (Phi) is 7.03. The fraction of sp³-hybridized carbons (Fsp3) is 0.536. The minimum atomic E-state index is -4.75. The topological polar surface area (TPSA) is 57.6 Å². The van der Waals surface area contributed by atoms with Gasteiger partial charge in [-0.3, -0.25) is 9.88 Å². The first-order chi connectivity index (χ1) is 19.0. The molecule has 2 aromatic heterocycles. The van der Waals surface area contributed by atoms with E-state index >= 15 is 4.39 Å². The number of aromatic nitrogens is 3. The van der Waals surface area contributed by atoms with Crippen molar-refractivity contribution in [3.63, 3.8) is 0 Å². The van der Waals surface area contributed by atoms with Gasteiger partial charge in [0, 0.05) is 42.8 Å². The number of hydrogen-bond donors (Lipinski definition) is 0. The van der Waals surface area contributed by atoms with Gasteiger partial charge in [0.05, 0.1) is 21.8 Å². The lowest BCUT2D eigenvalue weighted by molar-refractivity contribution is -0.137. The Morgan fingerprint density at radius 1 is 1.07 bits per heavy atom. The molecule has 0 aliphatic carbocycles. The first-order valence-corrected chi connectivity index (χ1v) is 13.9. The Morgan fingerprint density at radius 2 is 1.85 bits per heavy atom. The molecule has 214 valence electrons. The van der Waals surface area contributed by atoms with Crippen LogP contribution in [0.2, 0.25) is 5.02 Å². The van der Waals surface area contributed by atoms with Crippen molar-refractivity contribution in [2.75, 3.05) is 45.2 Å². The first kappa shape index (κ1) is 27.4. The van der Waals surface area contributed by atoms with Crippen LogP contribution >= 0.6 is 11.6 Å². The lowest BCUT2D eigenvalue weighted by Gasteiger charge is -2.51. The highest BCUT2D eigenvalue weighted by atomic mass is 35.5. The monoisotopic (exact) mass is 578 g/mol. The molecule has 4 aliphatic heterocycles. The molecule has 3 atom stereocenters. The van der Waals surface area contributed by atoms with Gasteiger partial charge in [0.2, 0.25) is 0 Å². The second-order valence-corrected chi connectivity index (χ2v) is 11.6. The van der Waals surface area contributed by atoms with Crippen molar-refractivity contribution in [1.29, 1.82) is 0 Å². The van der Waals surface area contributed by atoms with Gasteiger partial charge in [-0.05, 0) is 70.9 Å². The van der Waals surface area contributed by atoms with Crippen molar-refractivity contribution in [3.05, 3.63) is 40.3 Å². The molecule has 2 bridgehead atoms. The van der Waals surface area contributed by atoms with Crippen molar-refractivity contribution in [2.45, 2.75) is 56.9 Å². The molecule has 2 unspecified atom stereocenters. The van der Waals surface area contributed by atoms with E-state index in [0.717, 1.165) is 38.8 Å². The maximum atomic E-state index is 16.4. The fourth-order valence-electron chi connectivity index (χ4n) is 6.43. The van der Waals surface area contributed by atoms with Gasteiger partial charge in [0.1, 0.15) is 17.9 Å². The molecular formula is C28H31ClF4N6O. The number of likely N-dealkylation sites (N-methyl/N-ethyl adjacent to an activating group) is 2. The molecule has 0 N–H and O–H groups in total. The second-order valence-electron chi connectivity index (χ2n) is 11.2. The third-order valence-electron chi connectivity index (χ3n) is 8.67. The summed E-state index contributed by atoms with van der Waals surface area (Å²) in [5.41, 5.74) is -2.23. The molecule has 4 fully saturated rings. The van der Waals surface area contributed by atoms with E-state index in [4.69, 9.17) is 21.3 Å². The van der Waals surface area contributed by atoms with E-state index in [1.165, 1.54) is 25.3 Å². The Hall–Kier alpha value is -2.76. The summed E-state index contributed by atoms with van der Waals surface area (Å²) in [4.78, 5) is 19.7. The molecular weight excluding hydrogens is 548 g/mol. The largest absolute Gasteiger partial charge is 0.462 e. The highest BCUT2D eigenvalue weighted by Crippen LogP contribution is 2.44. The van der Waals surface area contributed by atoms with Crippen molar-refractivity contribution in [1.82, 2.24) is 24.8 Å². The summed E-state index contributed by atoms with van der Waals surface area (Å²) >= 11 is 6.57. The summed E-state index contributed by atoms with van der Waals surface area (Å²) in [6.07, 6.45) is 0.498. The predicted molar refractivity (Wildman–Crippen MR) is 145 cm³/mol. The maximum absolute atomic E-state index is 16.4. The van der Waals surface area contributed by atoms with Gasteiger partial charge in [0.25, 0.3) is 0 Å². The van der Waals surface area contributed by atoms with Gasteiger partial charge >= 0.3 is 12.2 Å². The summed E-state index contributed by atoms with van der Waals surface area (Å²) in [5.74, 6) is -0.486. The molecule has 12 heteroatoms. The molecule has 7 nitrogen and oxygen atoms in total. The number of rotatable bonds is 5. The van der Waals surface area contributed by atoms with Gasteiger partial charge in [-0.25, -0.2) is 4.39 Å². The van der Waals surface area contributed by atoms with Gasteiger partial charge in [-0.15, -0.1) is 0 Å². The molecule has 1 aromatic carbocycles. The number of nitrogens with zero attached hydrogens (tertiary/aromatic N) is 6. The molecule has 0 saturated carbocycles. The number of fused-ring (bicyclic) bond motifs is 4. The van der Waals surface area contributed by atoms with Crippen LogP contribution in [-0.4, -0.2) is 83.2 Å². The number of halogens is 5. The minimum absolute atomic E-state index is 0.00183. The smallest absolute Gasteiger partial charge is 0.418 e. The zero-order valence-electron chi connectivity index (χ0n) is 22.6. The van der Waals surface area contributed by atoms with E-state index in [9.17, 15) is 13.2 Å². The van der Waals surface area contributed by atoms with E-state index in [1.807, 2.05) is 7.05 Å². The number of hydrogen-bond acceptors (Lipinski definition) is 7. The standard InChI is InChI=1S/C28H31ClF4N6O/c1-15-8-9-34-25(22(15)28(31,32)33)21-20(29)11-19-24(23(21)30)35-27(40-14-18-5-4-10-37(18)2)36-26(19)39-13-16-6-7-17(39)12-38(16)3/h8-9,11,16-18H,4-7,10,12-14H2,1-3H3/t16?,17?,18-/m0/s1. The van der Waals surface area contributed by atoms with Crippen molar-refractivity contribution in [3.8, 4) is 17.3 Å². The summed E-state index contributed by atoms with van der Waals surface area (Å²) in [5, 5.41) is 0.159. The van der Waals surface area contributed by atoms with E-state index in [-0.39, 0.29) is 34.2 Å². The van der Waals surface area contributed by atoms with Crippen LogP contribution in [-0.2, 0) is 6.18 Å². The van der Waals surface area contributed by atoms with Crippen molar-refractivity contribution in [2.24, 2.45) is 0 Å². The Labute approximate surface area is 235 Å². The number of piperazine rings is 1. The summed E-state index contributed by atoms with van der Waals surface area (Å²) in [7, 11) is 4.12. The summed E-state index contributed by atoms with van der Waals surface area (Å²) in [6.45, 7) is 4.13. The average molecular weight is 579 g/mol. The average Bonchev–Trinajstić information content (AvgIpc) is 3.31. The highest BCUT2D eigenvalue weighted by molar-refractivity contribution is 6.34. The van der Waals surface area contributed by atoms with Crippen LogP contribution in [0.25, 0.3) is 22.2 Å². The molecule has 0 spiro atoms. The van der Waals surface area contributed by atoms with Crippen LogP contribution in [0, 0.1) is 12.7 Å². The zero-order valence-corrected chi connectivity index (χ0v) is 23.4. The number of anilines is 1. The van der Waals surface area contributed by atoms with E-state index in [1.54, 1.807) is 0 Å². The SMILES string of the molecule is Cc1ccnc(-c2c(Cl)cc3c(N4CC5CCC4CN5C)nc(OC[C@@H]4CCCN4C)nc3c2F)c1C(F)(F)F. The normalized spacial score (nSPS) is 23.9. The van der Waals surface area contributed by atoms with Crippen LogP contribution in [0.15, 0.2) is 18.3 Å². The molecule has 7 rings (SSSR count). The van der Waals surface area contributed by atoms with Crippen molar-refractivity contribution < 1.29 is 22.3 Å². The van der Waals surface area contributed by atoms with E-state index in [0.29, 0.717) is 30.4 Å². The van der Waals surface area contributed by atoms with Gasteiger partial charge in [0.15, 0.2) is 5.82 Å². The number of piperidine rings is 2. The Balaban J connectivity index is 1.51. The Bertz CT molecular complexity index is 1450. The predicted octanol–water partition coefficient (Wildman–Crippen LogP) is 5.57. The lowest BCUT2D eigenvalue weighted by Crippen LogP contribution is -2.61. The number of ether oxygens (including phenoxy) is 1. The molecule has 4 aliphatic rings. The number of pyridine rings is 1. The number of likely N-dealkylation sites (tertiary alicyclic amines) is 1. The highest BCUT2D eigenvalue weighted by Gasteiger charge is 2.40. The molecule has 0 radical (unpaired) electrons. The first-order valence-electron chi connectivity index (χ1n) is 13.6. The molecule has 4 saturated heterocycles. The lowest BCUT2D eigenvalue weighted by atomic mass is 9.91. The Morgan fingerprint density at radius 3 is 2.50 bits per heavy atom. The van der Waals surface area contributed by atoms with Crippen LogP contribution in [0.1, 0.15) is 36.8 Å². The number of alkyl halides is 3. The van der Waals surface area contributed by atoms with Crippen molar-refractivity contribution >= 4 is 28.3 Å². The number of benzene rings is 1. The van der Waals surface area contributed by atoms with Gasteiger partial charge in [-0.1, -0.05) is 11.6 Å². The molecule has 6 heterocycles. The summed E-state index contributed by atoms with van der Waals surface area (Å²) < 4.78 is 64.7. The molecule has 0 amide bonds. The molecule has 3 aromatic rings. The van der Waals surface area contributed by atoms with Crippen LogP contribution in [0.4, 0.5) is 23.4 Å². The second kappa shape index (κ2) is 10.3. The third-order valence-corrected chi connectivity index (χ3v) is 8.97. The number of aryl methyl sites for hydroxylation is 1. The zero-order chi connectivity index (χ0) is 28.3. The fourth-order valence-corrected chi connectivity index (χ4v) is 6.71. The quantitative estimate of drug-likeness (QED) is 0.367. The van der Waals surface area contributed by atoms with E-state index in [2.05, 4.69) is 31.7 Å². The van der Waals surface area contributed by atoms with E-state index < -0.39 is 28.8 Å². The van der Waals surface area contributed by atoms with Gasteiger partial charge in [-0.2, -0.15) is 23.1 Å². The van der Waals surface area contributed by atoms with Crippen LogP contribution in [0.5, 0.6) is 6.01 Å². The minimum Gasteiger partial charge on any atom is -0.462 e. The van der Waals surface area contributed by atoms with Gasteiger partial charge < -0.3 is 14.5 Å². The third kappa shape index (κ3) is 4.75. The summed E-state index contributed by atoms with van der Waals surface area (Å²) in [6, 6.07) is 3.36. The van der Waals surface area contributed by atoms with Crippen LogP contribution < -0.4 is 9.64 Å².